The Morgan fingerprint density at radius 2 is 1.75 bits per heavy atom. The van der Waals surface area contributed by atoms with Gasteiger partial charge in [0.2, 0.25) is 0 Å². The van der Waals surface area contributed by atoms with E-state index in [0.717, 1.165) is 25.6 Å². The Labute approximate surface area is 131 Å². The zero-order valence-corrected chi connectivity index (χ0v) is 14.4. The molecule has 20 heavy (non-hydrogen) atoms. The van der Waals surface area contributed by atoms with Crippen molar-refractivity contribution >= 4 is 11.6 Å². The molecule has 0 fully saturated rings. The lowest BCUT2D eigenvalue weighted by molar-refractivity contribution is 0.117. The van der Waals surface area contributed by atoms with Crippen LogP contribution in [0.5, 0.6) is 0 Å². The first-order valence-corrected chi connectivity index (χ1v) is 8.56. The minimum atomic E-state index is 0.771. The summed E-state index contributed by atoms with van der Waals surface area (Å²) in [5.41, 5.74) is 3.04. The van der Waals surface area contributed by atoms with E-state index in [1.165, 1.54) is 50.5 Å². The highest BCUT2D eigenvalue weighted by atomic mass is 35.5. The maximum absolute atomic E-state index is 5.71. The molecule has 0 spiro atoms. The van der Waals surface area contributed by atoms with Crippen molar-refractivity contribution in [2.75, 3.05) is 13.2 Å². The van der Waals surface area contributed by atoms with Crippen LogP contribution in [0.2, 0.25) is 0 Å². The van der Waals surface area contributed by atoms with Gasteiger partial charge in [-0.05, 0) is 58.3 Å². The fourth-order valence-electron chi connectivity index (χ4n) is 2.07. The largest absolute Gasteiger partial charge is 0.381 e. The Morgan fingerprint density at radius 3 is 2.45 bits per heavy atom. The number of hydrogen-bond donors (Lipinski definition) is 0. The van der Waals surface area contributed by atoms with E-state index in [4.69, 9.17) is 16.3 Å². The van der Waals surface area contributed by atoms with Gasteiger partial charge in [-0.3, -0.25) is 0 Å². The zero-order chi connectivity index (χ0) is 15.1. The monoisotopic (exact) mass is 300 g/mol. The van der Waals surface area contributed by atoms with Gasteiger partial charge in [0.05, 0.1) is 0 Å². The third-order valence-electron chi connectivity index (χ3n) is 3.47. The van der Waals surface area contributed by atoms with Crippen LogP contribution in [-0.4, -0.2) is 13.2 Å². The van der Waals surface area contributed by atoms with Gasteiger partial charge >= 0.3 is 0 Å². The molecular formula is C18H33ClO. The Hall–Kier alpha value is -0.270. The molecule has 118 valence electrons. The van der Waals surface area contributed by atoms with Crippen LogP contribution < -0.4 is 0 Å². The maximum Gasteiger partial charge on any atom is 0.0468 e. The Balaban J connectivity index is 3.21. The van der Waals surface area contributed by atoms with Crippen LogP contribution in [-0.2, 0) is 4.74 Å². The van der Waals surface area contributed by atoms with Crippen molar-refractivity contribution in [1.29, 1.82) is 0 Å². The van der Waals surface area contributed by atoms with Gasteiger partial charge in [-0.2, -0.15) is 0 Å². The van der Waals surface area contributed by atoms with Crippen LogP contribution in [0, 0.1) is 5.92 Å². The van der Waals surface area contributed by atoms with Crippen molar-refractivity contribution in [3.8, 4) is 0 Å². The van der Waals surface area contributed by atoms with Crippen molar-refractivity contribution in [2.24, 2.45) is 5.92 Å². The summed E-state index contributed by atoms with van der Waals surface area (Å²) in [6.07, 6.45) is 14.1. The first kappa shape index (κ1) is 19.7. The molecular weight excluding hydrogens is 268 g/mol. The first-order chi connectivity index (χ1) is 9.66. The minimum Gasteiger partial charge on any atom is -0.381 e. The van der Waals surface area contributed by atoms with Gasteiger partial charge in [0, 0.05) is 18.7 Å². The standard InChI is InChI=1S/C18H33ClO/c1-17(2)11-10-12-18(3)13-16-20-15-9-7-5-4-6-8-14-19/h8,11,14,18H,4-7,9-10,12-13,15-16H2,1-3H3. The quantitative estimate of drug-likeness (QED) is 0.279. The van der Waals surface area contributed by atoms with E-state index < -0.39 is 0 Å². The predicted octanol–water partition coefficient (Wildman–Crippen LogP) is 6.48. The van der Waals surface area contributed by atoms with Gasteiger partial charge in [0.25, 0.3) is 0 Å². The van der Waals surface area contributed by atoms with Crippen LogP contribution in [0.25, 0.3) is 0 Å². The predicted molar refractivity (Wildman–Crippen MR) is 91.3 cm³/mol. The molecule has 0 rings (SSSR count). The zero-order valence-electron chi connectivity index (χ0n) is 13.7. The van der Waals surface area contributed by atoms with Crippen LogP contribution in [0.15, 0.2) is 23.3 Å². The lowest BCUT2D eigenvalue weighted by Crippen LogP contribution is -2.03. The fourth-order valence-corrected chi connectivity index (χ4v) is 2.20. The van der Waals surface area contributed by atoms with Crippen LogP contribution in [0.4, 0.5) is 0 Å². The topological polar surface area (TPSA) is 9.23 Å². The molecule has 0 aliphatic rings. The summed E-state index contributed by atoms with van der Waals surface area (Å²) < 4.78 is 5.71. The van der Waals surface area contributed by atoms with Gasteiger partial charge < -0.3 is 4.74 Å². The summed E-state index contributed by atoms with van der Waals surface area (Å²) in [7, 11) is 0. The molecule has 0 amide bonds. The normalized spacial score (nSPS) is 12.8. The Kier molecular flexibility index (Phi) is 14.9. The molecule has 0 aromatic heterocycles. The molecule has 0 aromatic carbocycles. The highest BCUT2D eigenvalue weighted by Crippen LogP contribution is 2.12. The number of ether oxygens (including phenoxy) is 1. The first-order valence-electron chi connectivity index (χ1n) is 8.13. The van der Waals surface area contributed by atoms with E-state index in [2.05, 4.69) is 26.8 Å². The molecule has 0 radical (unpaired) electrons. The van der Waals surface area contributed by atoms with E-state index in [-0.39, 0.29) is 0 Å². The summed E-state index contributed by atoms with van der Waals surface area (Å²) in [6.45, 7) is 8.50. The van der Waals surface area contributed by atoms with Gasteiger partial charge in [-0.25, -0.2) is 0 Å². The maximum atomic E-state index is 5.71. The van der Waals surface area contributed by atoms with E-state index in [9.17, 15) is 0 Å². The number of rotatable bonds is 13. The lowest BCUT2D eigenvalue weighted by atomic mass is 10.0. The average molecular weight is 301 g/mol. The minimum absolute atomic E-state index is 0.771. The van der Waals surface area contributed by atoms with Crippen molar-refractivity contribution in [1.82, 2.24) is 0 Å². The highest BCUT2D eigenvalue weighted by Gasteiger charge is 2.01. The van der Waals surface area contributed by atoms with E-state index in [1.54, 1.807) is 5.54 Å². The summed E-state index contributed by atoms with van der Waals surface area (Å²) in [5.74, 6) is 0.771. The molecule has 1 unspecified atom stereocenters. The molecule has 0 bridgehead atoms. The number of halogens is 1. The Morgan fingerprint density at radius 1 is 1.00 bits per heavy atom. The molecule has 0 N–H and O–H groups in total. The van der Waals surface area contributed by atoms with E-state index in [1.807, 2.05) is 6.08 Å². The third-order valence-corrected chi connectivity index (χ3v) is 3.64. The molecule has 0 saturated carbocycles. The molecule has 1 atom stereocenters. The van der Waals surface area contributed by atoms with Crippen molar-refractivity contribution in [2.45, 2.75) is 72.1 Å². The molecule has 0 aliphatic carbocycles. The van der Waals surface area contributed by atoms with Gasteiger partial charge in [0.15, 0.2) is 0 Å². The number of unbranched alkanes of at least 4 members (excludes halogenated alkanes) is 4. The molecule has 0 aromatic rings. The van der Waals surface area contributed by atoms with Crippen molar-refractivity contribution in [3.05, 3.63) is 23.3 Å². The second-order valence-corrected chi connectivity index (χ2v) is 6.18. The van der Waals surface area contributed by atoms with Crippen molar-refractivity contribution in [3.63, 3.8) is 0 Å². The molecule has 0 heterocycles. The second-order valence-electron chi connectivity index (χ2n) is 5.93. The number of hydrogen-bond acceptors (Lipinski definition) is 1. The van der Waals surface area contributed by atoms with Crippen LogP contribution in [0.3, 0.4) is 0 Å². The number of allylic oxidation sites excluding steroid dienone is 3. The van der Waals surface area contributed by atoms with Crippen LogP contribution >= 0.6 is 11.6 Å². The molecule has 0 aliphatic heterocycles. The summed E-state index contributed by atoms with van der Waals surface area (Å²) in [4.78, 5) is 0. The summed E-state index contributed by atoms with van der Waals surface area (Å²) in [5, 5.41) is 0. The smallest absolute Gasteiger partial charge is 0.0468 e. The highest BCUT2D eigenvalue weighted by molar-refractivity contribution is 6.25. The molecule has 0 saturated heterocycles. The summed E-state index contributed by atoms with van der Waals surface area (Å²) in [6, 6.07) is 0. The van der Waals surface area contributed by atoms with Gasteiger partial charge in [0.1, 0.15) is 0 Å². The van der Waals surface area contributed by atoms with E-state index in [0.29, 0.717) is 0 Å². The van der Waals surface area contributed by atoms with E-state index >= 15 is 0 Å². The lowest BCUT2D eigenvalue weighted by Gasteiger charge is -2.10. The SMILES string of the molecule is CC(C)=CCCC(C)CCOCCCCCCC=CCl. The van der Waals surface area contributed by atoms with Crippen LogP contribution in [0.1, 0.15) is 72.1 Å². The van der Waals surface area contributed by atoms with Crippen molar-refractivity contribution < 1.29 is 4.74 Å². The average Bonchev–Trinajstić information content (AvgIpc) is 2.40. The fraction of sp³-hybridized carbons (Fsp3) is 0.778. The second kappa shape index (κ2) is 15.1. The third kappa shape index (κ3) is 15.8. The van der Waals surface area contributed by atoms with Gasteiger partial charge in [-0.15, -0.1) is 0 Å². The summed E-state index contributed by atoms with van der Waals surface area (Å²) >= 11 is 5.47. The molecule has 1 nitrogen and oxygen atoms in total. The molecule has 2 heteroatoms. The van der Waals surface area contributed by atoms with Gasteiger partial charge in [-0.1, -0.05) is 49.1 Å². The Bertz CT molecular complexity index is 254.